The van der Waals surface area contributed by atoms with Crippen molar-refractivity contribution in [3.63, 3.8) is 0 Å². The van der Waals surface area contributed by atoms with Gasteiger partial charge in [0.1, 0.15) is 5.82 Å². The summed E-state index contributed by atoms with van der Waals surface area (Å²) in [5, 5.41) is 6.92. The molecule has 31 heavy (non-hydrogen) atoms. The van der Waals surface area contributed by atoms with E-state index in [0.29, 0.717) is 11.6 Å². The van der Waals surface area contributed by atoms with Gasteiger partial charge in [0.2, 0.25) is 0 Å². The second kappa shape index (κ2) is 10.4. The number of hydrogen-bond donors (Lipinski definition) is 1. The minimum Gasteiger partial charge on any atom is -0.366 e. The molecule has 168 valence electrons. The number of aromatic nitrogens is 1. The van der Waals surface area contributed by atoms with Crippen molar-refractivity contribution in [2.75, 3.05) is 57.8 Å². The molecule has 2 saturated heterocycles. The van der Waals surface area contributed by atoms with Crippen molar-refractivity contribution >= 4 is 23.0 Å². The molecule has 0 radical (unpaired) electrons. The van der Waals surface area contributed by atoms with Gasteiger partial charge in [-0.15, -0.1) is 11.3 Å². The molecular formula is C23H33FN6S. The van der Waals surface area contributed by atoms with Gasteiger partial charge in [0.25, 0.3) is 0 Å². The highest BCUT2D eigenvalue weighted by molar-refractivity contribution is 7.09. The van der Waals surface area contributed by atoms with Crippen molar-refractivity contribution in [1.82, 2.24) is 20.1 Å². The number of piperazine rings is 1. The summed E-state index contributed by atoms with van der Waals surface area (Å²) in [6.07, 6.45) is 2.41. The summed E-state index contributed by atoms with van der Waals surface area (Å²) in [6.45, 7) is 9.55. The highest BCUT2D eigenvalue weighted by Crippen LogP contribution is 2.21. The van der Waals surface area contributed by atoms with Crippen LogP contribution < -0.4 is 10.2 Å². The van der Waals surface area contributed by atoms with E-state index in [1.807, 2.05) is 19.2 Å². The van der Waals surface area contributed by atoms with E-state index in [2.05, 4.69) is 42.3 Å². The van der Waals surface area contributed by atoms with Crippen LogP contribution in [0.2, 0.25) is 0 Å². The van der Waals surface area contributed by atoms with Crippen molar-refractivity contribution < 1.29 is 4.39 Å². The first kappa shape index (κ1) is 22.0. The van der Waals surface area contributed by atoms with Gasteiger partial charge in [-0.3, -0.25) is 9.89 Å². The maximum Gasteiger partial charge on any atom is 0.193 e. The number of anilines is 1. The molecule has 2 fully saturated rings. The fraction of sp³-hybridized carbons (Fsp3) is 0.565. The van der Waals surface area contributed by atoms with Crippen LogP contribution in [0.1, 0.15) is 23.5 Å². The first-order chi connectivity index (χ1) is 15.1. The number of aliphatic imine (C=N–C) groups is 1. The summed E-state index contributed by atoms with van der Waals surface area (Å²) in [6, 6.07) is 7.03. The number of piperidine rings is 1. The maximum absolute atomic E-state index is 14.1. The maximum atomic E-state index is 14.1. The fourth-order valence-corrected chi connectivity index (χ4v) is 5.10. The smallest absolute Gasteiger partial charge is 0.193 e. The molecule has 0 unspecified atom stereocenters. The molecule has 6 nitrogen and oxygen atoms in total. The van der Waals surface area contributed by atoms with Crippen LogP contribution in [0.15, 0.2) is 34.6 Å². The Balaban J connectivity index is 1.19. The zero-order valence-electron chi connectivity index (χ0n) is 18.6. The van der Waals surface area contributed by atoms with E-state index >= 15 is 0 Å². The summed E-state index contributed by atoms with van der Waals surface area (Å²) in [5.74, 6) is 1.49. The van der Waals surface area contributed by atoms with E-state index < -0.39 is 0 Å². The zero-order valence-corrected chi connectivity index (χ0v) is 19.4. The number of guanidine groups is 1. The standard InChI is InChI=1S/C23H33FN6S/c1-18-27-20(17-31-18)16-28-9-7-19(8-10-28)15-26-23(25-2)30-13-11-29(12-14-30)22-6-4-3-5-21(22)24/h3-6,17,19H,7-16H2,1-2H3,(H,25,26). The molecular weight excluding hydrogens is 411 g/mol. The molecule has 3 heterocycles. The number of nitrogens with one attached hydrogen (secondary N) is 1. The zero-order chi connectivity index (χ0) is 21.6. The Morgan fingerprint density at radius 3 is 2.55 bits per heavy atom. The third-order valence-electron chi connectivity index (χ3n) is 6.29. The van der Waals surface area contributed by atoms with Crippen LogP contribution in [0.5, 0.6) is 0 Å². The quantitative estimate of drug-likeness (QED) is 0.567. The molecule has 1 N–H and O–H groups in total. The number of hydrogen-bond acceptors (Lipinski definition) is 5. The van der Waals surface area contributed by atoms with E-state index in [0.717, 1.165) is 63.3 Å². The number of thiazole rings is 1. The van der Waals surface area contributed by atoms with Crippen LogP contribution in [0.4, 0.5) is 10.1 Å². The molecule has 0 saturated carbocycles. The third-order valence-corrected chi connectivity index (χ3v) is 7.11. The number of halogens is 1. The van der Waals surface area contributed by atoms with Gasteiger partial charge in [0.05, 0.1) is 16.4 Å². The first-order valence-electron chi connectivity index (χ1n) is 11.2. The number of likely N-dealkylation sites (tertiary alicyclic amines) is 1. The molecule has 0 aliphatic carbocycles. The van der Waals surface area contributed by atoms with Gasteiger partial charge in [-0.05, 0) is 50.9 Å². The van der Waals surface area contributed by atoms with Crippen LogP contribution in [0, 0.1) is 18.7 Å². The minimum atomic E-state index is -0.144. The summed E-state index contributed by atoms with van der Waals surface area (Å²) in [4.78, 5) is 16.0. The average Bonchev–Trinajstić information content (AvgIpc) is 3.20. The second-order valence-corrected chi connectivity index (χ2v) is 9.49. The summed E-state index contributed by atoms with van der Waals surface area (Å²) >= 11 is 1.73. The molecule has 2 aliphatic heterocycles. The second-order valence-electron chi connectivity index (χ2n) is 8.43. The Hall–Kier alpha value is -2.19. The van der Waals surface area contributed by atoms with Crippen molar-refractivity contribution in [1.29, 1.82) is 0 Å². The molecule has 0 spiro atoms. The lowest BCUT2D eigenvalue weighted by molar-refractivity contribution is 0.176. The Morgan fingerprint density at radius 1 is 1.16 bits per heavy atom. The van der Waals surface area contributed by atoms with Crippen molar-refractivity contribution in [3.05, 3.63) is 46.2 Å². The van der Waals surface area contributed by atoms with E-state index in [9.17, 15) is 4.39 Å². The predicted molar refractivity (Wildman–Crippen MR) is 126 cm³/mol. The minimum absolute atomic E-state index is 0.144. The van der Waals surface area contributed by atoms with Crippen LogP contribution in [-0.2, 0) is 6.54 Å². The van der Waals surface area contributed by atoms with Crippen LogP contribution in [-0.4, -0.2) is 73.6 Å². The lowest BCUT2D eigenvalue weighted by Gasteiger charge is -2.38. The topological polar surface area (TPSA) is 47.0 Å². The number of rotatable bonds is 5. The molecule has 2 aliphatic rings. The molecule has 2 aromatic rings. The number of para-hydroxylation sites is 1. The third kappa shape index (κ3) is 5.74. The molecule has 4 rings (SSSR count). The van der Waals surface area contributed by atoms with Gasteiger partial charge in [-0.2, -0.15) is 0 Å². The number of nitrogens with zero attached hydrogens (tertiary/aromatic N) is 5. The van der Waals surface area contributed by atoms with Gasteiger partial charge in [-0.1, -0.05) is 12.1 Å². The van der Waals surface area contributed by atoms with E-state index in [4.69, 9.17) is 0 Å². The van der Waals surface area contributed by atoms with Gasteiger partial charge >= 0.3 is 0 Å². The Morgan fingerprint density at radius 2 is 1.90 bits per heavy atom. The fourth-order valence-electron chi connectivity index (χ4n) is 4.49. The van der Waals surface area contributed by atoms with Gasteiger partial charge in [0, 0.05) is 51.7 Å². The highest BCUT2D eigenvalue weighted by atomic mass is 32.1. The molecule has 1 aromatic carbocycles. The predicted octanol–water partition coefficient (Wildman–Crippen LogP) is 3.20. The van der Waals surface area contributed by atoms with E-state index in [1.54, 1.807) is 17.4 Å². The normalized spacial score (nSPS) is 19.1. The largest absolute Gasteiger partial charge is 0.366 e. The van der Waals surface area contributed by atoms with Crippen LogP contribution in [0.25, 0.3) is 0 Å². The van der Waals surface area contributed by atoms with Gasteiger partial charge < -0.3 is 15.1 Å². The Kier molecular flexibility index (Phi) is 7.40. The van der Waals surface area contributed by atoms with Gasteiger partial charge in [-0.25, -0.2) is 9.37 Å². The molecule has 1 aromatic heterocycles. The SMILES string of the molecule is CN=C(NCC1CCN(Cc2csc(C)n2)CC1)N1CCN(c2ccccc2F)CC1. The summed E-state index contributed by atoms with van der Waals surface area (Å²) in [5.41, 5.74) is 1.90. The number of aryl methyl sites for hydroxylation is 1. The first-order valence-corrected chi connectivity index (χ1v) is 12.1. The van der Waals surface area contributed by atoms with Crippen LogP contribution in [0.3, 0.4) is 0 Å². The lowest BCUT2D eigenvalue weighted by atomic mass is 9.97. The summed E-state index contributed by atoms with van der Waals surface area (Å²) in [7, 11) is 1.85. The van der Waals surface area contributed by atoms with Crippen LogP contribution >= 0.6 is 11.3 Å². The monoisotopic (exact) mass is 444 g/mol. The van der Waals surface area contributed by atoms with Gasteiger partial charge in [0.15, 0.2) is 5.96 Å². The van der Waals surface area contributed by atoms with E-state index in [-0.39, 0.29) is 5.82 Å². The summed E-state index contributed by atoms with van der Waals surface area (Å²) < 4.78 is 14.1. The number of benzene rings is 1. The molecule has 0 atom stereocenters. The molecule has 8 heteroatoms. The van der Waals surface area contributed by atoms with Crippen molar-refractivity contribution in [3.8, 4) is 0 Å². The molecule has 0 amide bonds. The lowest BCUT2D eigenvalue weighted by Crippen LogP contribution is -2.53. The Bertz CT molecular complexity index is 868. The highest BCUT2D eigenvalue weighted by Gasteiger charge is 2.23. The molecule has 0 bridgehead atoms. The van der Waals surface area contributed by atoms with E-state index in [1.165, 1.54) is 24.6 Å². The Labute approximate surface area is 188 Å². The van der Waals surface area contributed by atoms with Crippen molar-refractivity contribution in [2.24, 2.45) is 10.9 Å². The van der Waals surface area contributed by atoms with Crippen molar-refractivity contribution in [2.45, 2.75) is 26.3 Å². The average molecular weight is 445 g/mol.